The molecule has 0 aliphatic heterocycles. The summed E-state index contributed by atoms with van der Waals surface area (Å²) in [7, 11) is 0. The second-order valence-corrected chi connectivity index (χ2v) is 9.69. The summed E-state index contributed by atoms with van der Waals surface area (Å²) in [6.07, 6.45) is 0.487. The Morgan fingerprint density at radius 3 is 2.06 bits per heavy atom. The van der Waals surface area contributed by atoms with Crippen molar-refractivity contribution in [2.45, 2.75) is 71.3 Å². The van der Waals surface area contributed by atoms with Crippen molar-refractivity contribution in [2.75, 3.05) is 0 Å². The molecule has 0 aliphatic carbocycles. The van der Waals surface area contributed by atoms with Crippen molar-refractivity contribution < 1.29 is 29.4 Å². The number of carbonyl (C=O) groups is 4. The Bertz CT molecular complexity index is 1080. The molecule has 1 aromatic heterocycles. The van der Waals surface area contributed by atoms with Gasteiger partial charge in [-0.15, -0.1) is 0 Å². The maximum atomic E-state index is 13.3. The van der Waals surface area contributed by atoms with E-state index in [-0.39, 0.29) is 12.3 Å². The van der Waals surface area contributed by atoms with E-state index in [0.717, 1.165) is 16.5 Å². The Hall–Kier alpha value is -3.44. The highest BCUT2D eigenvalue weighted by molar-refractivity contribution is 5.95. The molecule has 0 saturated carbocycles. The molecule has 1 aromatic carbocycles. The SMILES string of the molecule is CC(C)C(N)C(=O)NC(Cc1c[nH]c2ccccc12)C(=O)NC(C(=O)NC(C(=O)O)C(C)C)C(C)O. The molecule has 11 heteroatoms. The number of nitrogens with two attached hydrogens (primary N) is 1. The van der Waals surface area contributed by atoms with Gasteiger partial charge < -0.3 is 36.9 Å². The number of hydrogen-bond acceptors (Lipinski definition) is 6. The van der Waals surface area contributed by atoms with Gasteiger partial charge in [0.1, 0.15) is 18.1 Å². The fourth-order valence-corrected chi connectivity index (χ4v) is 3.72. The lowest BCUT2D eigenvalue weighted by Crippen LogP contribution is -2.60. The molecular weight excluding hydrogens is 466 g/mol. The van der Waals surface area contributed by atoms with E-state index in [0.29, 0.717) is 0 Å². The third-order valence-corrected chi connectivity index (χ3v) is 6.05. The molecule has 0 fully saturated rings. The summed E-state index contributed by atoms with van der Waals surface area (Å²) in [5.74, 6) is -3.95. The number of aromatic nitrogens is 1. The zero-order valence-corrected chi connectivity index (χ0v) is 21.2. The average Bonchev–Trinajstić information content (AvgIpc) is 3.21. The first kappa shape index (κ1) is 28.8. The van der Waals surface area contributed by atoms with Crippen molar-refractivity contribution >= 4 is 34.6 Å². The number of carbonyl (C=O) groups excluding carboxylic acids is 3. The molecular formula is C25H37N5O6. The van der Waals surface area contributed by atoms with Crippen LogP contribution in [0.5, 0.6) is 0 Å². The van der Waals surface area contributed by atoms with Gasteiger partial charge in [0.15, 0.2) is 0 Å². The topological polar surface area (TPSA) is 187 Å². The van der Waals surface area contributed by atoms with Crippen LogP contribution < -0.4 is 21.7 Å². The van der Waals surface area contributed by atoms with Crippen molar-refractivity contribution in [3.63, 3.8) is 0 Å². The van der Waals surface area contributed by atoms with Crippen LogP contribution in [-0.4, -0.2) is 69.2 Å². The number of amides is 3. The number of fused-ring (bicyclic) bond motifs is 1. The average molecular weight is 504 g/mol. The van der Waals surface area contributed by atoms with Gasteiger partial charge in [-0.25, -0.2) is 4.79 Å². The first-order valence-electron chi connectivity index (χ1n) is 12.0. The Balaban J connectivity index is 2.30. The molecule has 1 heterocycles. The van der Waals surface area contributed by atoms with Gasteiger partial charge in [-0.1, -0.05) is 45.9 Å². The van der Waals surface area contributed by atoms with Crippen molar-refractivity contribution in [1.29, 1.82) is 0 Å². The number of hydrogen-bond donors (Lipinski definition) is 7. The van der Waals surface area contributed by atoms with Gasteiger partial charge in [0.2, 0.25) is 17.7 Å². The summed E-state index contributed by atoms with van der Waals surface area (Å²) in [6.45, 7) is 8.11. The Morgan fingerprint density at radius 1 is 0.889 bits per heavy atom. The highest BCUT2D eigenvalue weighted by atomic mass is 16.4. The highest BCUT2D eigenvalue weighted by Gasteiger charge is 2.34. The van der Waals surface area contributed by atoms with Crippen molar-refractivity contribution in [2.24, 2.45) is 17.6 Å². The number of H-pyrrole nitrogens is 1. The number of nitrogens with one attached hydrogen (secondary N) is 4. The molecule has 0 aliphatic rings. The van der Waals surface area contributed by atoms with Crippen LogP contribution in [0.25, 0.3) is 10.9 Å². The van der Waals surface area contributed by atoms with E-state index in [2.05, 4.69) is 20.9 Å². The van der Waals surface area contributed by atoms with Crippen LogP contribution in [0.4, 0.5) is 0 Å². The molecule has 0 spiro atoms. The predicted octanol–water partition coefficient (Wildman–Crippen LogP) is 0.270. The van der Waals surface area contributed by atoms with E-state index in [1.807, 2.05) is 24.3 Å². The molecule has 3 amide bonds. The second kappa shape index (κ2) is 12.5. The molecule has 11 nitrogen and oxygen atoms in total. The van der Waals surface area contributed by atoms with E-state index in [1.165, 1.54) is 6.92 Å². The van der Waals surface area contributed by atoms with E-state index in [9.17, 15) is 29.4 Å². The highest BCUT2D eigenvalue weighted by Crippen LogP contribution is 2.19. The maximum absolute atomic E-state index is 13.3. The number of aliphatic carboxylic acids is 1. The molecule has 0 bridgehead atoms. The number of para-hydroxylation sites is 1. The first-order valence-corrected chi connectivity index (χ1v) is 12.0. The number of carboxylic acid groups (broad SMARTS) is 1. The Morgan fingerprint density at radius 2 is 1.50 bits per heavy atom. The van der Waals surface area contributed by atoms with Gasteiger partial charge in [-0.3, -0.25) is 14.4 Å². The number of benzene rings is 1. The minimum Gasteiger partial charge on any atom is -0.480 e. The molecule has 0 saturated heterocycles. The molecule has 8 N–H and O–H groups in total. The van der Waals surface area contributed by atoms with Gasteiger partial charge in [0.25, 0.3) is 0 Å². The summed E-state index contributed by atoms with van der Waals surface area (Å²) in [5, 5.41) is 28.0. The molecule has 198 valence electrons. The maximum Gasteiger partial charge on any atom is 0.326 e. The van der Waals surface area contributed by atoms with E-state index in [1.54, 1.807) is 33.9 Å². The smallest absolute Gasteiger partial charge is 0.326 e. The monoisotopic (exact) mass is 503 g/mol. The number of aliphatic hydroxyl groups excluding tert-OH is 1. The van der Waals surface area contributed by atoms with E-state index < -0.39 is 59.9 Å². The third-order valence-electron chi connectivity index (χ3n) is 6.05. The molecule has 2 rings (SSSR count). The lowest BCUT2D eigenvalue weighted by molar-refractivity contribution is -0.144. The van der Waals surface area contributed by atoms with Crippen LogP contribution in [0.15, 0.2) is 30.5 Å². The molecule has 0 radical (unpaired) electrons. The minimum atomic E-state index is -1.45. The third kappa shape index (κ3) is 7.28. The van der Waals surface area contributed by atoms with Gasteiger partial charge in [-0.05, 0) is 30.4 Å². The molecule has 2 aromatic rings. The fourth-order valence-electron chi connectivity index (χ4n) is 3.72. The number of carboxylic acids is 1. The molecule has 36 heavy (non-hydrogen) atoms. The zero-order chi connectivity index (χ0) is 27.2. The van der Waals surface area contributed by atoms with Crippen LogP contribution >= 0.6 is 0 Å². The molecule has 5 atom stereocenters. The van der Waals surface area contributed by atoms with Crippen LogP contribution in [0.3, 0.4) is 0 Å². The number of aromatic amines is 1. The second-order valence-electron chi connectivity index (χ2n) is 9.69. The number of rotatable bonds is 12. The zero-order valence-electron chi connectivity index (χ0n) is 21.2. The summed E-state index contributed by atoms with van der Waals surface area (Å²) >= 11 is 0. The van der Waals surface area contributed by atoms with E-state index in [4.69, 9.17) is 5.73 Å². The lowest BCUT2D eigenvalue weighted by Gasteiger charge is -2.27. The van der Waals surface area contributed by atoms with Crippen LogP contribution in [-0.2, 0) is 25.6 Å². The quantitative estimate of drug-likeness (QED) is 0.216. The lowest BCUT2D eigenvalue weighted by atomic mass is 10.0. The van der Waals surface area contributed by atoms with E-state index >= 15 is 0 Å². The van der Waals surface area contributed by atoms with Gasteiger partial charge in [0.05, 0.1) is 12.1 Å². The molecule has 5 unspecified atom stereocenters. The normalized spacial score (nSPS) is 15.7. The van der Waals surface area contributed by atoms with Gasteiger partial charge in [-0.2, -0.15) is 0 Å². The predicted molar refractivity (Wildman–Crippen MR) is 135 cm³/mol. The minimum absolute atomic E-state index is 0.0876. The summed E-state index contributed by atoms with van der Waals surface area (Å²) < 4.78 is 0. The van der Waals surface area contributed by atoms with Crippen LogP contribution in [0, 0.1) is 11.8 Å². The van der Waals surface area contributed by atoms with Crippen LogP contribution in [0.1, 0.15) is 40.2 Å². The largest absolute Gasteiger partial charge is 0.480 e. The van der Waals surface area contributed by atoms with Crippen molar-refractivity contribution in [3.8, 4) is 0 Å². The van der Waals surface area contributed by atoms with Crippen molar-refractivity contribution in [1.82, 2.24) is 20.9 Å². The fraction of sp³-hybridized carbons (Fsp3) is 0.520. The standard InChI is InChI=1S/C25H37N5O6/c1-12(2)19(26)23(33)28-18(10-15-11-27-17-9-7-6-8-16(15)17)22(32)30-21(14(5)31)24(34)29-20(13(3)4)25(35)36/h6-9,11-14,18-21,27,31H,10,26H2,1-5H3,(H,28,33)(H,29,34)(H,30,32)(H,35,36). The Labute approximate surface area is 210 Å². The summed E-state index contributed by atoms with van der Waals surface area (Å²) in [4.78, 5) is 53.5. The first-order chi connectivity index (χ1) is 16.8. The summed E-state index contributed by atoms with van der Waals surface area (Å²) in [6, 6.07) is 2.84. The van der Waals surface area contributed by atoms with Crippen LogP contribution in [0.2, 0.25) is 0 Å². The van der Waals surface area contributed by atoms with Crippen molar-refractivity contribution in [3.05, 3.63) is 36.0 Å². The summed E-state index contributed by atoms with van der Waals surface area (Å²) in [5.41, 5.74) is 7.58. The van der Waals surface area contributed by atoms with Gasteiger partial charge in [0, 0.05) is 23.5 Å². The Kier molecular flexibility index (Phi) is 10.00. The van der Waals surface area contributed by atoms with Gasteiger partial charge >= 0.3 is 5.97 Å². The number of aliphatic hydroxyl groups is 1.